The molecule has 0 spiro atoms. The van der Waals surface area contributed by atoms with E-state index < -0.39 is 0 Å². The molecule has 0 aliphatic carbocycles. The van der Waals surface area contributed by atoms with Crippen LogP contribution in [0.3, 0.4) is 0 Å². The highest BCUT2D eigenvalue weighted by Crippen LogP contribution is 2.31. The summed E-state index contributed by atoms with van der Waals surface area (Å²) in [6.07, 6.45) is 2.66. The molecule has 94 valence electrons. The summed E-state index contributed by atoms with van der Waals surface area (Å²) in [5.74, 6) is 0.882. The van der Waals surface area contributed by atoms with Crippen LogP contribution in [0.5, 0.6) is 0 Å². The second-order valence-corrected chi connectivity index (χ2v) is 6.22. The summed E-state index contributed by atoms with van der Waals surface area (Å²) in [5.41, 5.74) is 6.31. The summed E-state index contributed by atoms with van der Waals surface area (Å²) in [5, 5.41) is 0. The maximum atomic E-state index is 6.15. The Morgan fingerprint density at radius 3 is 2.75 bits per heavy atom. The Kier molecular flexibility index (Phi) is 3.57. The highest BCUT2D eigenvalue weighted by Gasteiger charge is 2.40. The molecule has 2 fully saturated rings. The van der Waals surface area contributed by atoms with Crippen molar-refractivity contribution in [3.8, 4) is 0 Å². The summed E-state index contributed by atoms with van der Waals surface area (Å²) in [4.78, 5) is 2.61. The van der Waals surface area contributed by atoms with Gasteiger partial charge in [0.25, 0.3) is 0 Å². The molecule has 0 saturated carbocycles. The van der Waals surface area contributed by atoms with Crippen molar-refractivity contribution >= 4 is 0 Å². The maximum absolute atomic E-state index is 6.15. The predicted octanol–water partition coefficient (Wildman–Crippen LogP) is 1.47. The third-order valence-corrected chi connectivity index (χ3v) is 4.46. The minimum absolute atomic E-state index is 0.162. The number of likely N-dealkylation sites (tertiary alicyclic amines) is 1. The van der Waals surface area contributed by atoms with E-state index in [1.807, 2.05) is 0 Å². The molecule has 2 rings (SSSR count). The molecule has 2 heterocycles. The number of piperidine rings is 1. The number of nitrogens with two attached hydrogens (primary N) is 1. The van der Waals surface area contributed by atoms with Crippen molar-refractivity contribution < 1.29 is 4.74 Å². The van der Waals surface area contributed by atoms with E-state index >= 15 is 0 Å². The Labute approximate surface area is 99.3 Å². The summed E-state index contributed by atoms with van der Waals surface area (Å²) < 4.78 is 5.52. The van der Waals surface area contributed by atoms with Gasteiger partial charge >= 0.3 is 0 Å². The molecule has 0 amide bonds. The minimum Gasteiger partial charge on any atom is -0.379 e. The van der Waals surface area contributed by atoms with E-state index in [1.165, 1.54) is 19.4 Å². The zero-order valence-electron chi connectivity index (χ0n) is 10.9. The normalized spacial score (nSPS) is 46.1. The van der Waals surface area contributed by atoms with Crippen LogP contribution in [0.15, 0.2) is 0 Å². The standard InChI is InChI=1S/C13H26N2O/c1-10-4-5-15(11(2)6-10)8-13(3)9-16-7-12(13)14/h10-12H,4-9,14H2,1-3H3. The van der Waals surface area contributed by atoms with Gasteiger partial charge in [-0.05, 0) is 32.2 Å². The van der Waals surface area contributed by atoms with Crippen LogP contribution in [-0.4, -0.2) is 43.3 Å². The summed E-state index contributed by atoms with van der Waals surface area (Å²) in [6, 6.07) is 0.910. The fourth-order valence-electron chi connectivity index (χ4n) is 3.04. The first-order valence-corrected chi connectivity index (χ1v) is 6.58. The topological polar surface area (TPSA) is 38.5 Å². The summed E-state index contributed by atoms with van der Waals surface area (Å²) in [6.45, 7) is 10.9. The van der Waals surface area contributed by atoms with Gasteiger partial charge in [-0.3, -0.25) is 4.90 Å². The molecule has 2 aliphatic heterocycles. The van der Waals surface area contributed by atoms with Crippen molar-refractivity contribution in [2.45, 2.75) is 45.7 Å². The first-order chi connectivity index (χ1) is 7.51. The zero-order valence-corrected chi connectivity index (χ0v) is 10.9. The van der Waals surface area contributed by atoms with E-state index in [-0.39, 0.29) is 11.5 Å². The Balaban J connectivity index is 1.94. The summed E-state index contributed by atoms with van der Waals surface area (Å²) in [7, 11) is 0. The second kappa shape index (κ2) is 4.63. The van der Waals surface area contributed by atoms with Gasteiger partial charge in [-0.25, -0.2) is 0 Å². The fraction of sp³-hybridized carbons (Fsp3) is 1.00. The van der Waals surface area contributed by atoms with Gasteiger partial charge in [0, 0.05) is 24.0 Å². The molecule has 4 unspecified atom stereocenters. The molecule has 2 N–H and O–H groups in total. The molecule has 2 aliphatic rings. The first-order valence-electron chi connectivity index (χ1n) is 6.58. The molecule has 3 heteroatoms. The molecule has 0 aromatic heterocycles. The van der Waals surface area contributed by atoms with Gasteiger partial charge in [0.1, 0.15) is 0 Å². The largest absolute Gasteiger partial charge is 0.379 e. The summed E-state index contributed by atoms with van der Waals surface area (Å²) >= 11 is 0. The zero-order chi connectivity index (χ0) is 11.8. The Bertz CT molecular complexity index is 246. The van der Waals surface area contributed by atoms with Crippen molar-refractivity contribution in [2.75, 3.05) is 26.3 Å². The van der Waals surface area contributed by atoms with Crippen LogP contribution in [0.25, 0.3) is 0 Å². The minimum atomic E-state index is 0.162. The van der Waals surface area contributed by atoms with Gasteiger partial charge in [-0.1, -0.05) is 13.8 Å². The Morgan fingerprint density at radius 2 is 2.19 bits per heavy atom. The molecule has 0 radical (unpaired) electrons. The van der Waals surface area contributed by atoms with Crippen LogP contribution in [0.4, 0.5) is 0 Å². The van der Waals surface area contributed by atoms with Crippen molar-refractivity contribution in [3.63, 3.8) is 0 Å². The Morgan fingerprint density at radius 1 is 1.44 bits per heavy atom. The fourth-order valence-corrected chi connectivity index (χ4v) is 3.04. The highest BCUT2D eigenvalue weighted by molar-refractivity contribution is 4.94. The lowest BCUT2D eigenvalue weighted by atomic mass is 9.83. The van der Waals surface area contributed by atoms with Crippen molar-refractivity contribution in [2.24, 2.45) is 17.1 Å². The molecule has 4 atom stereocenters. The lowest BCUT2D eigenvalue weighted by Gasteiger charge is -2.41. The van der Waals surface area contributed by atoms with Gasteiger partial charge < -0.3 is 10.5 Å². The van der Waals surface area contributed by atoms with Gasteiger partial charge in [0.05, 0.1) is 13.2 Å². The molecule has 16 heavy (non-hydrogen) atoms. The highest BCUT2D eigenvalue weighted by atomic mass is 16.5. The van der Waals surface area contributed by atoms with E-state index in [0.717, 1.165) is 25.7 Å². The monoisotopic (exact) mass is 226 g/mol. The number of rotatable bonds is 2. The predicted molar refractivity (Wildman–Crippen MR) is 66.3 cm³/mol. The molecular formula is C13H26N2O. The first kappa shape index (κ1) is 12.3. The van der Waals surface area contributed by atoms with Crippen molar-refractivity contribution in [1.82, 2.24) is 4.90 Å². The molecule has 2 saturated heterocycles. The van der Waals surface area contributed by atoms with Crippen LogP contribution < -0.4 is 5.73 Å². The number of hydrogen-bond donors (Lipinski definition) is 1. The number of hydrogen-bond acceptors (Lipinski definition) is 3. The number of nitrogens with zero attached hydrogens (tertiary/aromatic N) is 1. The van der Waals surface area contributed by atoms with Crippen LogP contribution in [0, 0.1) is 11.3 Å². The second-order valence-electron chi connectivity index (χ2n) is 6.22. The SMILES string of the molecule is CC1CCN(CC2(C)COCC2N)C(C)C1. The average molecular weight is 226 g/mol. The third kappa shape index (κ3) is 2.41. The van der Waals surface area contributed by atoms with Gasteiger partial charge in [-0.15, -0.1) is 0 Å². The number of ether oxygens (including phenoxy) is 1. The van der Waals surface area contributed by atoms with Crippen LogP contribution >= 0.6 is 0 Å². The Hall–Kier alpha value is -0.120. The van der Waals surface area contributed by atoms with E-state index in [4.69, 9.17) is 10.5 Å². The van der Waals surface area contributed by atoms with Crippen LogP contribution in [0.2, 0.25) is 0 Å². The average Bonchev–Trinajstić information content (AvgIpc) is 2.52. The van der Waals surface area contributed by atoms with E-state index in [1.54, 1.807) is 0 Å². The van der Waals surface area contributed by atoms with E-state index in [9.17, 15) is 0 Å². The van der Waals surface area contributed by atoms with Gasteiger partial charge in [-0.2, -0.15) is 0 Å². The molecule has 0 aromatic rings. The maximum Gasteiger partial charge on any atom is 0.0624 e. The van der Waals surface area contributed by atoms with Gasteiger partial charge in [0.2, 0.25) is 0 Å². The third-order valence-electron chi connectivity index (χ3n) is 4.46. The van der Waals surface area contributed by atoms with Crippen molar-refractivity contribution in [3.05, 3.63) is 0 Å². The smallest absolute Gasteiger partial charge is 0.0624 e. The molecule has 3 nitrogen and oxygen atoms in total. The van der Waals surface area contributed by atoms with Crippen LogP contribution in [-0.2, 0) is 4.74 Å². The van der Waals surface area contributed by atoms with Gasteiger partial charge in [0.15, 0.2) is 0 Å². The lowest BCUT2D eigenvalue weighted by Crippen LogP contribution is -2.51. The molecule has 0 aromatic carbocycles. The van der Waals surface area contributed by atoms with Crippen molar-refractivity contribution in [1.29, 1.82) is 0 Å². The molecular weight excluding hydrogens is 200 g/mol. The quantitative estimate of drug-likeness (QED) is 0.775. The lowest BCUT2D eigenvalue weighted by molar-refractivity contribution is 0.0641. The van der Waals surface area contributed by atoms with E-state index in [0.29, 0.717) is 6.04 Å². The molecule has 0 bridgehead atoms. The van der Waals surface area contributed by atoms with Crippen LogP contribution in [0.1, 0.15) is 33.6 Å². The van der Waals surface area contributed by atoms with E-state index in [2.05, 4.69) is 25.7 Å².